The molecule has 0 aliphatic rings. The summed E-state index contributed by atoms with van der Waals surface area (Å²) >= 11 is 0. The fourth-order valence-corrected chi connectivity index (χ4v) is 0.990. The van der Waals surface area contributed by atoms with E-state index in [1.54, 1.807) is 0 Å². The maximum atomic E-state index is 8.77. The van der Waals surface area contributed by atoms with Crippen molar-refractivity contribution in [2.24, 2.45) is 0 Å². The molecule has 0 saturated heterocycles. The third-order valence-corrected chi connectivity index (χ3v) is 1.97. The Labute approximate surface area is 108 Å². The van der Waals surface area contributed by atoms with Crippen molar-refractivity contribution in [3.63, 3.8) is 0 Å². The van der Waals surface area contributed by atoms with Gasteiger partial charge in [-0.2, -0.15) is 0 Å². The Morgan fingerprint density at radius 1 is 0.833 bits per heavy atom. The lowest BCUT2D eigenvalue weighted by Crippen LogP contribution is -2.41. The fourth-order valence-electron chi connectivity index (χ4n) is 0.990. The summed E-state index contributed by atoms with van der Waals surface area (Å²) in [6.45, 7) is 5.97. The van der Waals surface area contributed by atoms with Crippen LogP contribution in [0.25, 0.3) is 0 Å². The van der Waals surface area contributed by atoms with E-state index in [4.69, 9.17) is 35.0 Å². The van der Waals surface area contributed by atoms with Gasteiger partial charge in [-0.05, 0) is 20.8 Å². The zero-order chi connectivity index (χ0) is 14.6. The van der Waals surface area contributed by atoms with Gasteiger partial charge in [0.2, 0.25) is 0 Å². The third-order valence-electron chi connectivity index (χ3n) is 1.97. The van der Waals surface area contributed by atoms with Crippen molar-refractivity contribution < 1.29 is 35.0 Å². The summed E-state index contributed by atoms with van der Waals surface area (Å²) in [5.74, 6) is 0. The Kier molecular flexibility index (Phi) is 14.7. The first kappa shape index (κ1) is 20.0. The molecule has 0 aromatic heterocycles. The van der Waals surface area contributed by atoms with Gasteiger partial charge in [-0.1, -0.05) is 0 Å². The summed E-state index contributed by atoms with van der Waals surface area (Å²) in [5.41, 5.74) is 0. The first-order valence-electron chi connectivity index (χ1n) is 5.93. The van der Waals surface area contributed by atoms with E-state index in [0.717, 1.165) is 13.2 Å². The minimum atomic E-state index is -1.49. The van der Waals surface area contributed by atoms with Crippen LogP contribution in [0.4, 0.5) is 0 Å². The van der Waals surface area contributed by atoms with Gasteiger partial charge in [0.1, 0.15) is 18.3 Å². The van der Waals surface area contributed by atoms with E-state index in [2.05, 4.69) is 0 Å². The second-order valence-corrected chi connectivity index (χ2v) is 3.47. The van der Waals surface area contributed by atoms with Gasteiger partial charge in [0.05, 0.1) is 13.2 Å². The van der Waals surface area contributed by atoms with Gasteiger partial charge < -0.3 is 35.0 Å². The molecule has 0 spiro atoms. The lowest BCUT2D eigenvalue weighted by atomic mass is 10.1. The highest BCUT2D eigenvalue weighted by molar-refractivity contribution is 4.73. The zero-order valence-corrected chi connectivity index (χ0v) is 11.2. The molecule has 0 rings (SSSR count). The van der Waals surface area contributed by atoms with E-state index in [1.165, 1.54) is 0 Å². The van der Waals surface area contributed by atoms with E-state index in [-0.39, 0.29) is 6.29 Å². The maximum absolute atomic E-state index is 8.77. The van der Waals surface area contributed by atoms with Crippen LogP contribution in [-0.4, -0.2) is 76.6 Å². The molecule has 7 heteroatoms. The van der Waals surface area contributed by atoms with Crippen LogP contribution in [0.3, 0.4) is 0 Å². The van der Waals surface area contributed by atoms with Crippen LogP contribution in [0.15, 0.2) is 0 Å². The van der Waals surface area contributed by atoms with Crippen LogP contribution >= 0.6 is 0 Å². The first-order chi connectivity index (χ1) is 8.44. The van der Waals surface area contributed by atoms with Gasteiger partial charge >= 0.3 is 0 Å². The first-order valence-corrected chi connectivity index (χ1v) is 5.93. The van der Waals surface area contributed by atoms with Crippen molar-refractivity contribution in [2.45, 2.75) is 45.4 Å². The smallest absolute Gasteiger partial charge is 0.154 e. The Morgan fingerprint density at radius 2 is 1.17 bits per heavy atom. The molecule has 0 amide bonds. The molecular weight excluding hydrogens is 244 g/mol. The molecule has 0 aromatic rings. The minimum absolute atomic E-state index is 0.0370. The molecule has 18 heavy (non-hydrogen) atoms. The van der Waals surface area contributed by atoms with Crippen LogP contribution in [0.5, 0.6) is 0 Å². The molecule has 0 saturated carbocycles. The van der Waals surface area contributed by atoms with Gasteiger partial charge in [-0.15, -0.1) is 0 Å². The van der Waals surface area contributed by atoms with Crippen molar-refractivity contribution in [1.82, 2.24) is 0 Å². The number of aliphatic hydroxyl groups excluding tert-OH is 5. The predicted molar refractivity (Wildman–Crippen MR) is 64.9 cm³/mol. The monoisotopic (exact) mass is 270 g/mol. The molecular formula is C11H26O7. The van der Waals surface area contributed by atoms with E-state index >= 15 is 0 Å². The molecule has 0 unspecified atom stereocenters. The molecule has 112 valence electrons. The summed E-state index contributed by atoms with van der Waals surface area (Å²) in [6.07, 6.45) is -4.33. The summed E-state index contributed by atoms with van der Waals surface area (Å²) in [4.78, 5) is 0. The minimum Gasteiger partial charge on any atom is -0.394 e. The number of ether oxygens (including phenoxy) is 2. The van der Waals surface area contributed by atoms with Crippen LogP contribution in [0.1, 0.15) is 20.8 Å². The fraction of sp³-hybridized carbons (Fsp3) is 1.00. The van der Waals surface area contributed by atoms with E-state index in [9.17, 15) is 0 Å². The molecule has 0 bridgehead atoms. The molecule has 5 N–H and O–H groups in total. The summed E-state index contributed by atoms with van der Waals surface area (Å²) in [6, 6.07) is 0. The summed E-state index contributed by atoms with van der Waals surface area (Å²) in [5, 5.41) is 42.6. The highest BCUT2D eigenvalue weighted by atomic mass is 16.7. The second kappa shape index (κ2) is 13.2. The van der Waals surface area contributed by atoms with E-state index < -0.39 is 31.5 Å². The highest BCUT2D eigenvalue weighted by Gasteiger charge is 2.22. The predicted octanol–water partition coefficient (Wildman–Crippen LogP) is -1.54. The van der Waals surface area contributed by atoms with Gasteiger partial charge in [0.25, 0.3) is 0 Å². The lowest BCUT2D eigenvalue weighted by molar-refractivity contribution is -0.123. The lowest BCUT2D eigenvalue weighted by Gasteiger charge is -2.19. The standard InChI is InChI=1S/C6H14O2.C5H12O5/c1-4-7-6(3)8-5-2;6-1-3(8)5(10)4(9)2-7/h6H,4-5H2,1-3H3;3-10H,1-2H2/t;3-,4+,5+. The highest BCUT2D eigenvalue weighted by Crippen LogP contribution is 1.98. The average molecular weight is 270 g/mol. The van der Waals surface area contributed by atoms with Gasteiger partial charge in [0.15, 0.2) is 6.29 Å². The van der Waals surface area contributed by atoms with Crippen LogP contribution in [0, 0.1) is 0 Å². The zero-order valence-electron chi connectivity index (χ0n) is 11.2. The summed E-state index contributed by atoms with van der Waals surface area (Å²) < 4.78 is 10.1. The largest absolute Gasteiger partial charge is 0.394 e. The van der Waals surface area contributed by atoms with E-state index in [1.807, 2.05) is 20.8 Å². The Hall–Kier alpha value is -0.280. The van der Waals surface area contributed by atoms with Gasteiger partial charge in [0, 0.05) is 13.2 Å². The van der Waals surface area contributed by atoms with Gasteiger partial charge in [-0.25, -0.2) is 0 Å². The molecule has 0 aromatic carbocycles. The van der Waals surface area contributed by atoms with Crippen molar-refractivity contribution in [1.29, 1.82) is 0 Å². The quantitative estimate of drug-likeness (QED) is 0.339. The topological polar surface area (TPSA) is 120 Å². The molecule has 7 nitrogen and oxygen atoms in total. The molecule has 0 aliphatic carbocycles. The maximum Gasteiger partial charge on any atom is 0.154 e. The Bertz CT molecular complexity index is 151. The molecule has 3 atom stereocenters. The van der Waals surface area contributed by atoms with Crippen LogP contribution in [-0.2, 0) is 9.47 Å². The Morgan fingerprint density at radius 3 is 1.39 bits per heavy atom. The number of hydrogen-bond donors (Lipinski definition) is 5. The molecule has 0 fully saturated rings. The van der Waals surface area contributed by atoms with Crippen molar-refractivity contribution in [3.8, 4) is 0 Å². The van der Waals surface area contributed by atoms with Crippen molar-refractivity contribution in [3.05, 3.63) is 0 Å². The molecule has 0 aliphatic heterocycles. The number of aliphatic hydroxyl groups is 5. The number of hydrogen-bond acceptors (Lipinski definition) is 7. The van der Waals surface area contributed by atoms with Crippen molar-refractivity contribution in [2.75, 3.05) is 26.4 Å². The normalized spacial score (nSPS) is 15.8. The van der Waals surface area contributed by atoms with Gasteiger partial charge in [-0.3, -0.25) is 0 Å². The van der Waals surface area contributed by atoms with Crippen LogP contribution < -0.4 is 0 Å². The average Bonchev–Trinajstić information content (AvgIpc) is 2.37. The second-order valence-electron chi connectivity index (χ2n) is 3.47. The Balaban J connectivity index is 0. The third kappa shape index (κ3) is 10.8. The molecule has 0 heterocycles. The van der Waals surface area contributed by atoms with Crippen LogP contribution in [0.2, 0.25) is 0 Å². The summed E-state index contributed by atoms with van der Waals surface area (Å²) in [7, 11) is 0. The SMILES string of the molecule is CCOC(C)OCC.OC[C@@H](O)[C@H](O)[C@@H](O)CO. The van der Waals surface area contributed by atoms with E-state index in [0.29, 0.717) is 0 Å². The molecule has 0 radical (unpaired) electrons. The van der Waals surface area contributed by atoms with Crippen molar-refractivity contribution >= 4 is 0 Å². The number of rotatable bonds is 8.